The Balaban J connectivity index is 1.92. The van der Waals surface area contributed by atoms with Gasteiger partial charge in [-0.3, -0.25) is 4.79 Å². The summed E-state index contributed by atoms with van der Waals surface area (Å²) in [6.45, 7) is 2.09. The molecule has 2 rings (SSSR count). The van der Waals surface area contributed by atoms with E-state index < -0.39 is 0 Å². The number of amides is 1. The van der Waals surface area contributed by atoms with E-state index in [2.05, 4.69) is 5.32 Å². The summed E-state index contributed by atoms with van der Waals surface area (Å²) in [6.07, 6.45) is 2.61. The van der Waals surface area contributed by atoms with Gasteiger partial charge in [0.05, 0.1) is 20.1 Å². The smallest absolute Gasteiger partial charge is 0.227 e. The molecule has 1 aliphatic rings. The second kappa shape index (κ2) is 8.00. The fraction of sp³-hybridized carbons (Fsp3) is 0.562. The molecule has 1 aromatic rings. The quantitative estimate of drug-likeness (QED) is 0.781. The highest BCUT2D eigenvalue weighted by Gasteiger charge is 2.21. The summed E-state index contributed by atoms with van der Waals surface area (Å²) < 4.78 is 5.11. The SMILES string of the molecule is COc1ccc(CC(=O)N(CCO)CC2CCCN2)cc1. The largest absolute Gasteiger partial charge is 0.497 e. The second-order valence-corrected chi connectivity index (χ2v) is 5.38. The van der Waals surface area contributed by atoms with Gasteiger partial charge in [0.15, 0.2) is 0 Å². The normalized spacial score (nSPS) is 17.7. The van der Waals surface area contributed by atoms with Gasteiger partial charge in [-0.2, -0.15) is 0 Å². The van der Waals surface area contributed by atoms with E-state index in [1.807, 2.05) is 24.3 Å². The van der Waals surface area contributed by atoms with Crippen LogP contribution in [0.15, 0.2) is 24.3 Å². The number of aliphatic hydroxyl groups is 1. The first kappa shape index (κ1) is 15.8. The lowest BCUT2D eigenvalue weighted by atomic mass is 10.1. The van der Waals surface area contributed by atoms with Crippen LogP contribution < -0.4 is 10.1 Å². The van der Waals surface area contributed by atoms with Crippen molar-refractivity contribution in [3.05, 3.63) is 29.8 Å². The number of carbonyl (C=O) groups is 1. The predicted octanol–water partition coefficient (Wildman–Crippen LogP) is 0.811. The van der Waals surface area contributed by atoms with Crippen molar-refractivity contribution < 1.29 is 14.6 Å². The first-order valence-electron chi connectivity index (χ1n) is 7.48. The van der Waals surface area contributed by atoms with Crippen LogP contribution in [0.5, 0.6) is 5.75 Å². The zero-order chi connectivity index (χ0) is 15.1. The van der Waals surface area contributed by atoms with Crippen molar-refractivity contribution in [3.8, 4) is 5.75 Å². The van der Waals surface area contributed by atoms with Gasteiger partial charge in [-0.05, 0) is 37.1 Å². The minimum atomic E-state index is 0.00106. The van der Waals surface area contributed by atoms with E-state index in [4.69, 9.17) is 9.84 Å². The average molecular weight is 292 g/mol. The number of nitrogens with one attached hydrogen (secondary N) is 1. The number of aliphatic hydroxyl groups excluding tert-OH is 1. The lowest BCUT2D eigenvalue weighted by Gasteiger charge is -2.25. The number of benzene rings is 1. The summed E-state index contributed by atoms with van der Waals surface area (Å²) in [6, 6.07) is 7.88. The molecule has 1 heterocycles. The van der Waals surface area contributed by atoms with E-state index in [1.54, 1.807) is 12.0 Å². The van der Waals surface area contributed by atoms with E-state index in [-0.39, 0.29) is 12.5 Å². The molecular formula is C16H24N2O3. The molecule has 1 atom stereocenters. The molecular weight excluding hydrogens is 268 g/mol. The fourth-order valence-electron chi connectivity index (χ4n) is 2.65. The number of methoxy groups -OCH3 is 1. The molecule has 0 aliphatic carbocycles. The molecule has 2 N–H and O–H groups in total. The first-order valence-corrected chi connectivity index (χ1v) is 7.48. The minimum absolute atomic E-state index is 0.00106. The number of nitrogens with zero attached hydrogens (tertiary/aromatic N) is 1. The summed E-state index contributed by atoms with van der Waals surface area (Å²) >= 11 is 0. The Labute approximate surface area is 125 Å². The number of hydrogen-bond acceptors (Lipinski definition) is 4. The summed E-state index contributed by atoms with van der Waals surface area (Å²) in [5, 5.41) is 12.6. The van der Waals surface area contributed by atoms with Crippen LogP contribution in [0.2, 0.25) is 0 Å². The van der Waals surface area contributed by atoms with Crippen LogP contribution in [0.3, 0.4) is 0 Å². The van der Waals surface area contributed by atoms with Crippen LogP contribution in [0.25, 0.3) is 0 Å². The van der Waals surface area contributed by atoms with Gasteiger partial charge in [-0.1, -0.05) is 12.1 Å². The Morgan fingerprint density at radius 1 is 1.43 bits per heavy atom. The minimum Gasteiger partial charge on any atom is -0.497 e. The Morgan fingerprint density at radius 2 is 2.19 bits per heavy atom. The maximum absolute atomic E-state index is 12.4. The van der Waals surface area contributed by atoms with E-state index >= 15 is 0 Å². The molecule has 116 valence electrons. The van der Waals surface area contributed by atoms with Gasteiger partial charge in [0, 0.05) is 19.1 Å². The standard InChI is InChI=1S/C16H24N2O3/c1-21-15-6-4-13(5-7-15)11-16(20)18(9-10-19)12-14-3-2-8-17-14/h4-7,14,17,19H,2-3,8-12H2,1H3. The van der Waals surface area contributed by atoms with Crippen LogP contribution in [0, 0.1) is 0 Å². The monoisotopic (exact) mass is 292 g/mol. The average Bonchev–Trinajstić information content (AvgIpc) is 3.00. The molecule has 1 fully saturated rings. The maximum atomic E-state index is 12.4. The third-order valence-electron chi connectivity index (χ3n) is 3.84. The number of ether oxygens (including phenoxy) is 1. The molecule has 0 radical (unpaired) electrons. The van der Waals surface area contributed by atoms with Crippen molar-refractivity contribution in [2.24, 2.45) is 0 Å². The fourth-order valence-corrected chi connectivity index (χ4v) is 2.65. The van der Waals surface area contributed by atoms with Crippen molar-refractivity contribution in [1.29, 1.82) is 0 Å². The highest BCUT2D eigenvalue weighted by Crippen LogP contribution is 2.13. The summed E-state index contributed by atoms with van der Waals surface area (Å²) in [7, 11) is 1.62. The zero-order valence-electron chi connectivity index (χ0n) is 12.5. The van der Waals surface area contributed by atoms with Gasteiger partial charge < -0.3 is 20.1 Å². The number of hydrogen-bond donors (Lipinski definition) is 2. The van der Waals surface area contributed by atoms with Crippen molar-refractivity contribution in [1.82, 2.24) is 10.2 Å². The van der Waals surface area contributed by atoms with Crippen molar-refractivity contribution >= 4 is 5.91 Å². The van der Waals surface area contributed by atoms with E-state index in [9.17, 15) is 4.79 Å². The molecule has 0 saturated carbocycles. The number of carbonyl (C=O) groups excluding carboxylic acids is 1. The third kappa shape index (κ3) is 4.72. The molecule has 5 nitrogen and oxygen atoms in total. The molecule has 1 unspecified atom stereocenters. The van der Waals surface area contributed by atoms with E-state index in [1.165, 1.54) is 0 Å². The van der Waals surface area contributed by atoms with Crippen LogP contribution in [0.4, 0.5) is 0 Å². The lowest BCUT2D eigenvalue weighted by molar-refractivity contribution is -0.131. The number of rotatable bonds is 7. The highest BCUT2D eigenvalue weighted by atomic mass is 16.5. The molecule has 21 heavy (non-hydrogen) atoms. The molecule has 0 bridgehead atoms. The summed E-state index contributed by atoms with van der Waals surface area (Å²) in [4.78, 5) is 14.2. The van der Waals surface area contributed by atoms with Crippen LogP contribution in [0.1, 0.15) is 18.4 Å². The van der Waals surface area contributed by atoms with E-state index in [0.29, 0.717) is 25.6 Å². The Morgan fingerprint density at radius 3 is 2.76 bits per heavy atom. The highest BCUT2D eigenvalue weighted by molar-refractivity contribution is 5.78. The van der Waals surface area contributed by atoms with Gasteiger partial charge in [0.25, 0.3) is 0 Å². The van der Waals surface area contributed by atoms with E-state index in [0.717, 1.165) is 30.7 Å². The molecule has 5 heteroatoms. The van der Waals surface area contributed by atoms with Crippen LogP contribution in [-0.4, -0.2) is 55.3 Å². The molecule has 1 amide bonds. The first-order chi connectivity index (χ1) is 10.2. The molecule has 0 spiro atoms. The predicted molar refractivity (Wildman–Crippen MR) is 81.4 cm³/mol. The third-order valence-corrected chi connectivity index (χ3v) is 3.84. The topological polar surface area (TPSA) is 61.8 Å². The van der Waals surface area contributed by atoms with Crippen molar-refractivity contribution in [2.75, 3.05) is 33.4 Å². The Kier molecular flexibility index (Phi) is 6.02. The second-order valence-electron chi connectivity index (χ2n) is 5.38. The van der Waals surface area contributed by atoms with Crippen LogP contribution in [-0.2, 0) is 11.2 Å². The molecule has 0 aromatic heterocycles. The van der Waals surface area contributed by atoms with Gasteiger partial charge >= 0.3 is 0 Å². The zero-order valence-corrected chi connectivity index (χ0v) is 12.5. The van der Waals surface area contributed by atoms with Crippen LogP contribution >= 0.6 is 0 Å². The van der Waals surface area contributed by atoms with Crippen molar-refractivity contribution in [2.45, 2.75) is 25.3 Å². The summed E-state index contributed by atoms with van der Waals surface area (Å²) in [5.41, 5.74) is 0.961. The maximum Gasteiger partial charge on any atom is 0.227 e. The lowest BCUT2D eigenvalue weighted by Crippen LogP contribution is -2.43. The van der Waals surface area contributed by atoms with Gasteiger partial charge in [-0.25, -0.2) is 0 Å². The molecule has 1 saturated heterocycles. The summed E-state index contributed by atoms with van der Waals surface area (Å²) in [5.74, 6) is 0.844. The Hall–Kier alpha value is -1.59. The van der Waals surface area contributed by atoms with Gasteiger partial charge in [-0.15, -0.1) is 0 Å². The Bertz CT molecular complexity index is 441. The molecule has 1 aromatic carbocycles. The van der Waals surface area contributed by atoms with Crippen molar-refractivity contribution in [3.63, 3.8) is 0 Å². The molecule has 1 aliphatic heterocycles. The van der Waals surface area contributed by atoms with Gasteiger partial charge in [0.2, 0.25) is 5.91 Å². The van der Waals surface area contributed by atoms with Gasteiger partial charge in [0.1, 0.15) is 5.75 Å².